The minimum Gasteiger partial charge on any atom is -0.342 e. The van der Waals surface area contributed by atoms with Crippen LogP contribution in [-0.2, 0) is 16.0 Å². The van der Waals surface area contributed by atoms with Crippen LogP contribution in [0.15, 0.2) is 30.5 Å². The highest BCUT2D eigenvalue weighted by Gasteiger charge is 2.40. The van der Waals surface area contributed by atoms with Crippen molar-refractivity contribution in [3.8, 4) is 0 Å². The van der Waals surface area contributed by atoms with Crippen molar-refractivity contribution >= 4 is 52.4 Å². The van der Waals surface area contributed by atoms with Crippen LogP contribution in [0.1, 0.15) is 30.4 Å². The van der Waals surface area contributed by atoms with Gasteiger partial charge in [-0.2, -0.15) is 0 Å². The van der Waals surface area contributed by atoms with E-state index in [4.69, 9.17) is 34.8 Å². The van der Waals surface area contributed by atoms with Gasteiger partial charge in [0, 0.05) is 21.8 Å². The Bertz CT molecular complexity index is 898. The molecule has 0 saturated heterocycles. The molecule has 2 N–H and O–H groups in total. The Morgan fingerprint density at radius 2 is 1.85 bits per heavy atom. The summed E-state index contributed by atoms with van der Waals surface area (Å²) < 4.78 is 0. The number of benzene rings is 1. The first-order valence-corrected chi connectivity index (χ1v) is 9.61. The standard InChI is InChI=1S/C19H18Cl3N3O2/c1-11-7-14(21)10-23-16(11)24-17(26)18(27)25-19(5-2-6-19)9-12-3-4-13(20)8-15(12)22/h3-4,7-8,10H,2,5-6,9H2,1H3,(H,25,27)(H,23,24,26). The molecule has 3 rings (SSSR count). The Labute approximate surface area is 172 Å². The molecule has 27 heavy (non-hydrogen) atoms. The van der Waals surface area contributed by atoms with Gasteiger partial charge in [-0.25, -0.2) is 4.98 Å². The molecule has 2 amide bonds. The monoisotopic (exact) mass is 425 g/mol. The van der Waals surface area contributed by atoms with Gasteiger partial charge in [-0.15, -0.1) is 0 Å². The Kier molecular flexibility index (Phi) is 5.94. The van der Waals surface area contributed by atoms with E-state index in [0.717, 1.165) is 24.8 Å². The number of anilines is 1. The summed E-state index contributed by atoms with van der Waals surface area (Å²) in [5, 5.41) is 6.97. The normalized spacial score (nSPS) is 15.0. The van der Waals surface area contributed by atoms with Crippen LogP contribution in [0, 0.1) is 6.92 Å². The molecule has 0 radical (unpaired) electrons. The van der Waals surface area contributed by atoms with E-state index in [-0.39, 0.29) is 0 Å². The molecular formula is C19H18Cl3N3O2. The number of halogens is 3. The maximum Gasteiger partial charge on any atom is 0.314 e. The number of carbonyl (C=O) groups is 2. The second-order valence-corrected chi connectivity index (χ2v) is 8.05. The summed E-state index contributed by atoms with van der Waals surface area (Å²) in [5.41, 5.74) is 1.08. The molecule has 1 aliphatic rings. The molecular weight excluding hydrogens is 409 g/mol. The molecule has 142 valence electrons. The van der Waals surface area contributed by atoms with Crippen molar-refractivity contribution in [3.05, 3.63) is 56.7 Å². The molecule has 1 saturated carbocycles. The van der Waals surface area contributed by atoms with Gasteiger partial charge in [-0.3, -0.25) is 9.59 Å². The highest BCUT2D eigenvalue weighted by molar-refractivity contribution is 6.40. The Balaban J connectivity index is 1.68. The SMILES string of the molecule is Cc1cc(Cl)cnc1NC(=O)C(=O)NC1(Cc2ccc(Cl)cc2Cl)CCC1. The Hall–Kier alpha value is -1.82. The third kappa shape index (κ3) is 4.72. The molecule has 1 aliphatic carbocycles. The van der Waals surface area contributed by atoms with Crippen LogP contribution >= 0.6 is 34.8 Å². The first kappa shape index (κ1) is 19.9. The Morgan fingerprint density at radius 3 is 2.44 bits per heavy atom. The lowest BCUT2D eigenvalue weighted by Crippen LogP contribution is -2.57. The maximum absolute atomic E-state index is 12.4. The average molecular weight is 427 g/mol. The van der Waals surface area contributed by atoms with E-state index in [2.05, 4.69) is 15.6 Å². The fourth-order valence-corrected chi connectivity index (χ4v) is 3.80. The number of hydrogen-bond acceptors (Lipinski definition) is 3. The van der Waals surface area contributed by atoms with E-state index in [9.17, 15) is 9.59 Å². The van der Waals surface area contributed by atoms with Crippen molar-refractivity contribution in [1.82, 2.24) is 10.3 Å². The maximum atomic E-state index is 12.4. The van der Waals surface area contributed by atoms with Crippen molar-refractivity contribution in [2.45, 2.75) is 38.1 Å². The molecule has 0 spiro atoms. The van der Waals surface area contributed by atoms with Crippen LogP contribution in [0.4, 0.5) is 5.82 Å². The van der Waals surface area contributed by atoms with Gasteiger partial charge in [0.1, 0.15) is 5.82 Å². The number of aryl methyl sites for hydroxylation is 1. The number of nitrogens with one attached hydrogen (secondary N) is 2. The molecule has 8 heteroatoms. The number of aromatic nitrogens is 1. The third-order valence-corrected chi connectivity index (χ3v) is 5.51. The van der Waals surface area contributed by atoms with Crippen molar-refractivity contribution in [3.63, 3.8) is 0 Å². The van der Waals surface area contributed by atoms with Crippen LogP contribution in [0.5, 0.6) is 0 Å². The quantitative estimate of drug-likeness (QED) is 0.704. The minimum atomic E-state index is -0.763. The summed E-state index contributed by atoms with van der Waals surface area (Å²) in [5.74, 6) is -1.15. The smallest absolute Gasteiger partial charge is 0.314 e. The van der Waals surface area contributed by atoms with Crippen LogP contribution in [0.25, 0.3) is 0 Å². The predicted molar refractivity (Wildman–Crippen MR) is 108 cm³/mol. The molecule has 1 fully saturated rings. The van der Waals surface area contributed by atoms with Gasteiger partial charge in [0.25, 0.3) is 0 Å². The highest BCUT2D eigenvalue weighted by atomic mass is 35.5. The van der Waals surface area contributed by atoms with Gasteiger partial charge >= 0.3 is 11.8 Å². The van der Waals surface area contributed by atoms with Crippen LogP contribution in [0.2, 0.25) is 15.1 Å². The molecule has 0 aliphatic heterocycles. The summed E-state index contributed by atoms with van der Waals surface area (Å²) in [4.78, 5) is 28.8. The lowest BCUT2D eigenvalue weighted by Gasteiger charge is -2.42. The van der Waals surface area contributed by atoms with Gasteiger partial charge in [-0.1, -0.05) is 40.9 Å². The third-order valence-electron chi connectivity index (χ3n) is 4.72. The summed E-state index contributed by atoms with van der Waals surface area (Å²) >= 11 is 18.1. The Morgan fingerprint density at radius 1 is 1.11 bits per heavy atom. The van der Waals surface area contributed by atoms with E-state index >= 15 is 0 Å². The summed E-state index contributed by atoms with van der Waals surface area (Å²) in [6, 6.07) is 6.95. The lowest BCUT2D eigenvalue weighted by atomic mass is 9.72. The van der Waals surface area contributed by atoms with Gasteiger partial charge < -0.3 is 10.6 Å². The summed E-state index contributed by atoms with van der Waals surface area (Å²) in [7, 11) is 0. The van der Waals surface area contributed by atoms with E-state index in [1.54, 1.807) is 25.1 Å². The molecule has 0 atom stereocenters. The number of nitrogens with zero attached hydrogens (tertiary/aromatic N) is 1. The fourth-order valence-electron chi connectivity index (χ4n) is 3.11. The number of amides is 2. The molecule has 5 nitrogen and oxygen atoms in total. The number of rotatable bonds is 4. The average Bonchev–Trinajstić information content (AvgIpc) is 2.57. The topological polar surface area (TPSA) is 71.1 Å². The number of carbonyl (C=O) groups excluding carboxylic acids is 2. The lowest BCUT2D eigenvalue weighted by molar-refractivity contribution is -0.138. The molecule has 1 heterocycles. The zero-order chi connectivity index (χ0) is 19.6. The number of hydrogen-bond donors (Lipinski definition) is 2. The van der Waals surface area contributed by atoms with E-state index in [1.165, 1.54) is 6.20 Å². The predicted octanol–water partition coefficient (Wildman–Crippen LogP) is 4.57. The summed E-state index contributed by atoms with van der Waals surface area (Å²) in [6.07, 6.45) is 4.50. The highest BCUT2D eigenvalue weighted by Crippen LogP contribution is 2.37. The summed E-state index contributed by atoms with van der Waals surface area (Å²) in [6.45, 7) is 1.75. The van der Waals surface area contributed by atoms with Crippen molar-refractivity contribution in [2.24, 2.45) is 0 Å². The fraction of sp³-hybridized carbons (Fsp3) is 0.316. The van der Waals surface area contributed by atoms with E-state index in [0.29, 0.717) is 32.9 Å². The van der Waals surface area contributed by atoms with Crippen LogP contribution < -0.4 is 10.6 Å². The van der Waals surface area contributed by atoms with Crippen molar-refractivity contribution < 1.29 is 9.59 Å². The minimum absolute atomic E-state index is 0.308. The molecule has 1 aromatic heterocycles. The molecule has 0 bridgehead atoms. The van der Waals surface area contributed by atoms with E-state index in [1.807, 2.05) is 6.07 Å². The van der Waals surface area contributed by atoms with Crippen LogP contribution in [0.3, 0.4) is 0 Å². The van der Waals surface area contributed by atoms with Gasteiger partial charge in [-0.05, 0) is 61.9 Å². The zero-order valence-electron chi connectivity index (χ0n) is 14.6. The van der Waals surface area contributed by atoms with Gasteiger partial charge in [0.15, 0.2) is 0 Å². The molecule has 1 aromatic carbocycles. The van der Waals surface area contributed by atoms with Gasteiger partial charge in [0.05, 0.1) is 5.02 Å². The van der Waals surface area contributed by atoms with Crippen LogP contribution in [-0.4, -0.2) is 22.3 Å². The second kappa shape index (κ2) is 8.05. The van der Waals surface area contributed by atoms with Gasteiger partial charge in [0.2, 0.25) is 0 Å². The largest absolute Gasteiger partial charge is 0.342 e. The first-order chi connectivity index (χ1) is 12.8. The second-order valence-electron chi connectivity index (χ2n) is 6.77. The van der Waals surface area contributed by atoms with Crippen molar-refractivity contribution in [2.75, 3.05) is 5.32 Å². The zero-order valence-corrected chi connectivity index (χ0v) is 16.9. The molecule has 2 aromatic rings. The molecule has 0 unspecified atom stereocenters. The van der Waals surface area contributed by atoms with E-state index < -0.39 is 17.4 Å². The first-order valence-electron chi connectivity index (χ1n) is 8.48. The van der Waals surface area contributed by atoms with Crippen molar-refractivity contribution in [1.29, 1.82) is 0 Å². The number of pyridine rings is 1.